The van der Waals surface area contributed by atoms with Crippen molar-refractivity contribution < 1.29 is 14.3 Å². The molecule has 5 nitrogen and oxygen atoms in total. The summed E-state index contributed by atoms with van der Waals surface area (Å²) in [6.07, 6.45) is 1.87. The quantitative estimate of drug-likeness (QED) is 0.558. The van der Waals surface area contributed by atoms with E-state index >= 15 is 0 Å². The molecule has 0 spiro atoms. The Kier molecular flexibility index (Phi) is 6.09. The van der Waals surface area contributed by atoms with Gasteiger partial charge in [0, 0.05) is 17.0 Å². The van der Waals surface area contributed by atoms with Gasteiger partial charge < -0.3 is 15.4 Å². The lowest BCUT2D eigenvalue weighted by Gasteiger charge is -2.19. The number of anilines is 1. The Morgan fingerprint density at radius 1 is 1.06 bits per heavy atom. The van der Waals surface area contributed by atoms with E-state index < -0.39 is 0 Å². The minimum atomic E-state index is -0.195. The number of benzene rings is 3. The van der Waals surface area contributed by atoms with Crippen LogP contribution in [0.3, 0.4) is 0 Å². The first-order valence-corrected chi connectivity index (χ1v) is 10.7. The maximum absolute atomic E-state index is 12.6. The maximum Gasteiger partial charge on any atom is 0.262 e. The topological polar surface area (TPSA) is 67.4 Å². The van der Waals surface area contributed by atoms with Crippen LogP contribution in [0.15, 0.2) is 76.5 Å². The molecule has 3 aromatic carbocycles. The standard InChI is InChI=1S/C25H22N2O3S/c1-16-3-5-17(6-4-16)13-23-25(29)27-21-14-19(9-12-22(21)31-23)24(28)26-15-18-7-10-20(30-2)11-8-18/h3-14H,15H2,1-2H3,(H,26,28)(H,27,29). The van der Waals surface area contributed by atoms with Gasteiger partial charge in [0.2, 0.25) is 0 Å². The number of fused-ring (bicyclic) bond motifs is 1. The Morgan fingerprint density at radius 3 is 2.52 bits per heavy atom. The average molecular weight is 431 g/mol. The average Bonchev–Trinajstić information content (AvgIpc) is 2.79. The second kappa shape index (κ2) is 9.10. The van der Waals surface area contributed by atoms with Gasteiger partial charge in [-0.05, 0) is 54.5 Å². The summed E-state index contributed by atoms with van der Waals surface area (Å²) in [7, 11) is 1.62. The first-order chi connectivity index (χ1) is 15.0. The maximum atomic E-state index is 12.6. The molecule has 2 N–H and O–H groups in total. The van der Waals surface area contributed by atoms with E-state index in [2.05, 4.69) is 10.6 Å². The van der Waals surface area contributed by atoms with E-state index in [0.29, 0.717) is 22.7 Å². The third kappa shape index (κ3) is 4.98. The molecule has 1 aliphatic rings. The predicted octanol–water partition coefficient (Wildman–Crippen LogP) is 5.02. The molecule has 6 heteroatoms. The molecule has 0 unspecified atom stereocenters. The molecule has 0 bridgehead atoms. The fourth-order valence-electron chi connectivity index (χ4n) is 3.14. The molecule has 0 fully saturated rings. The van der Waals surface area contributed by atoms with Crippen molar-refractivity contribution in [2.24, 2.45) is 0 Å². The van der Waals surface area contributed by atoms with Gasteiger partial charge in [-0.2, -0.15) is 0 Å². The molecule has 0 aromatic heterocycles. The highest BCUT2D eigenvalue weighted by molar-refractivity contribution is 8.04. The predicted molar refractivity (Wildman–Crippen MR) is 124 cm³/mol. The number of nitrogens with one attached hydrogen (secondary N) is 2. The van der Waals surface area contributed by atoms with Gasteiger partial charge in [0.25, 0.3) is 11.8 Å². The summed E-state index contributed by atoms with van der Waals surface area (Å²) < 4.78 is 5.14. The van der Waals surface area contributed by atoms with Gasteiger partial charge >= 0.3 is 0 Å². The van der Waals surface area contributed by atoms with E-state index in [0.717, 1.165) is 21.8 Å². The number of carbonyl (C=O) groups is 2. The number of thioether (sulfide) groups is 1. The Bertz CT molecular complexity index is 1150. The van der Waals surface area contributed by atoms with E-state index in [1.807, 2.05) is 67.6 Å². The lowest BCUT2D eigenvalue weighted by Crippen LogP contribution is -2.23. The number of carbonyl (C=O) groups excluding carboxylic acids is 2. The fourth-order valence-corrected chi connectivity index (χ4v) is 4.08. The van der Waals surface area contributed by atoms with Crippen molar-refractivity contribution in [2.45, 2.75) is 18.4 Å². The number of aryl methyl sites for hydroxylation is 1. The zero-order valence-corrected chi connectivity index (χ0v) is 18.1. The molecule has 1 heterocycles. The molecule has 156 valence electrons. The monoisotopic (exact) mass is 430 g/mol. The Balaban J connectivity index is 1.45. The van der Waals surface area contributed by atoms with Gasteiger partial charge in [0.05, 0.1) is 17.7 Å². The third-order valence-electron chi connectivity index (χ3n) is 4.92. The van der Waals surface area contributed by atoms with E-state index in [9.17, 15) is 9.59 Å². The molecule has 1 aliphatic heterocycles. The van der Waals surface area contributed by atoms with Crippen LogP contribution in [0, 0.1) is 6.92 Å². The number of methoxy groups -OCH3 is 1. The Labute approximate surface area is 185 Å². The van der Waals surface area contributed by atoms with Gasteiger partial charge in [-0.25, -0.2) is 0 Å². The molecule has 0 saturated heterocycles. The zero-order chi connectivity index (χ0) is 21.8. The largest absolute Gasteiger partial charge is 0.497 e. The summed E-state index contributed by atoms with van der Waals surface area (Å²) in [6, 6.07) is 20.9. The molecular weight excluding hydrogens is 408 g/mol. The van der Waals surface area contributed by atoms with Crippen LogP contribution in [-0.2, 0) is 11.3 Å². The Morgan fingerprint density at radius 2 is 1.81 bits per heavy atom. The lowest BCUT2D eigenvalue weighted by atomic mass is 10.1. The van der Waals surface area contributed by atoms with Crippen molar-refractivity contribution in [3.8, 4) is 5.75 Å². The van der Waals surface area contributed by atoms with Gasteiger partial charge in [0.15, 0.2) is 0 Å². The molecule has 0 atom stereocenters. The molecule has 2 amide bonds. The summed E-state index contributed by atoms with van der Waals surface area (Å²) in [5.74, 6) is 0.404. The van der Waals surface area contributed by atoms with Crippen molar-refractivity contribution in [2.75, 3.05) is 12.4 Å². The molecule has 0 saturated carbocycles. The van der Waals surface area contributed by atoms with Crippen molar-refractivity contribution in [1.82, 2.24) is 5.32 Å². The molecule has 4 rings (SSSR count). The van der Waals surface area contributed by atoms with Crippen LogP contribution >= 0.6 is 11.8 Å². The van der Waals surface area contributed by atoms with Crippen LogP contribution in [-0.4, -0.2) is 18.9 Å². The highest BCUT2D eigenvalue weighted by atomic mass is 32.2. The summed E-state index contributed by atoms with van der Waals surface area (Å²) in [5.41, 5.74) is 4.27. The number of amides is 2. The smallest absolute Gasteiger partial charge is 0.262 e. The molecular formula is C25H22N2O3S. The van der Waals surface area contributed by atoms with Crippen LogP contribution in [0.4, 0.5) is 5.69 Å². The van der Waals surface area contributed by atoms with Gasteiger partial charge in [0.1, 0.15) is 5.75 Å². The van der Waals surface area contributed by atoms with E-state index in [1.54, 1.807) is 19.2 Å². The summed E-state index contributed by atoms with van der Waals surface area (Å²) in [4.78, 5) is 26.7. The van der Waals surface area contributed by atoms with Crippen LogP contribution in [0.25, 0.3) is 6.08 Å². The van der Waals surface area contributed by atoms with Gasteiger partial charge in [-0.3, -0.25) is 9.59 Å². The second-order valence-electron chi connectivity index (χ2n) is 7.22. The number of rotatable bonds is 5. The SMILES string of the molecule is COc1ccc(CNC(=O)c2ccc3c(c2)NC(=O)C(=Cc2ccc(C)cc2)S3)cc1. The van der Waals surface area contributed by atoms with Crippen molar-refractivity contribution in [1.29, 1.82) is 0 Å². The Hall–Kier alpha value is -3.51. The normalized spacial score (nSPS) is 14.0. The van der Waals surface area contributed by atoms with Gasteiger partial charge in [-0.15, -0.1) is 0 Å². The third-order valence-corrected chi connectivity index (χ3v) is 6.02. The van der Waals surface area contributed by atoms with Crippen LogP contribution < -0.4 is 15.4 Å². The number of hydrogen-bond donors (Lipinski definition) is 2. The highest BCUT2D eigenvalue weighted by Crippen LogP contribution is 2.39. The minimum Gasteiger partial charge on any atom is -0.497 e. The van der Waals surface area contributed by atoms with Crippen LogP contribution in [0.2, 0.25) is 0 Å². The summed E-state index contributed by atoms with van der Waals surface area (Å²) in [5, 5.41) is 5.81. The highest BCUT2D eigenvalue weighted by Gasteiger charge is 2.22. The number of hydrogen-bond acceptors (Lipinski definition) is 4. The first kappa shape index (κ1) is 20.8. The second-order valence-corrected chi connectivity index (χ2v) is 8.30. The molecule has 0 aliphatic carbocycles. The summed E-state index contributed by atoms with van der Waals surface area (Å²) in [6.45, 7) is 2.43. The molecule has 0 radical (unpaired) electrons. The first-order valence-electron chi connectivity index (χ1n) is 9.84. The number of ether oxygens (including phenoxy) is 1. The van der Waals surface area contributed by atoms with E-state index in [1.165, 1.54) is 17.3 Å². The minimum absolute atomic E-state index is 0.172. The molecule has 31 heavy (non-hydrogen) atoms. The van der Waals surface area contributed by atoms with Crippen LogP contribution in [0.5, 0.6) is 5.75 Å². The van der Waals surface area contributed by atoms with E-state index in [4.69, 9.17) is 4.74 Å². The van der Waals surface area contributed by atoms with E-state index in [-0.39, 0.29) is 11.8 Å². The van der Waals surface area contributed by atoms with Crippen molar-refractivity contribution in [3.05, 3.63) is 93.9 Å². The zero-order valence-electron chi connectivity index (χ0n) is 17.3. The fraction of sp³-hybridized carbons (Fsp3) is 0.120. The molecule has 3 aromatic rings. The summed E-state index contributed by atoms with van der Waals surface area (Å²) >= 11 is 1.40. The van der Waals surface area contributed by atoms with Crippen LogP contribution in [0.1, 0.15) is 27.0 Å². The van der Waals surface area contributed by atoms with Crippen molar-refractivity contribution in [3.63, 3.8) is 0 Å². The lowest BCUT2D eigenvalue weighted by molar-refractivity contribution is -0.112. The van der Waals surface area contributed by atoms with Crippen molar-refractivity contribution >= 4 is 35.3 Å². The van der Waals surface area contributed by atoms with Gasteiger partial charge in [-0.1, -0.05) is 53.7 Å².